The molecule has 1 rings (SSSR count). The Morgan fingerprint density at radius 2 is 2.07 bits per heavy atom. The Labute approximate surface area is 90.9 Å². The van der Waals surface area contributed by atoms with E-state index in [0.717, 1.165) is 12.1 Å². The number of rotatable bonds is 4. The van der Waals surface area contributed by atoms with Gasteiger partial charge in [-0.3, -0.25) is 4.90 Å². The highest BCUT2D eigenvalue weighted by molar-refractivity contribution is 5.28. The van der Waals surface area contributed by atoms with E-state index in [2.05, 4.69) is 18.7 Å². The zero-order valence-corrected chi connectivity index (χ0v) is 9.63. The second kappa shape index (κ2) is 5.24. The fourth-order valence-electron chi connectivity index (χ4n) is 1.43. The van der Waals surface area contributed by atoms with Gasteiger partial charge < -0.3 is 5.73 Å². The van der Waals surface area contributed by atoms with Gasteiger partial charge in [0.1, 0.15) is 5.82 Å². The number of halogens is 1. The third-order valence-corrected chi connectivity index (χ3v) is 2.72. The third kappa shape index (κ3) is 3.01. The highest BCUT2D eigenvalue weighted by atomic mass is 19.1. The first-order valence-corrected chi connectivity index (χ1v) is 5.22. The molecule has 0 spiro atoms. The van der Waals surface area contributed by atoms with Crippen LogP contribution in [0.3, 0.4) is 0 Å². The van der Waals surface area contributed by atoms with Gasteiger partial charge in [0.25, 0.3) is 0 Å². The van der Waals surface area contributed by atoms with Crippen LogP contribution in [0.15, 0.2) is 18.2 Å². The van der Waals surface area contributed by atoms with Crippen molar-refractivity contribution in [1.82, 2.24) is 4.90 Å². The van der Waals surface area contributed by atoms with Crippen LogP contribution in [0.2, 0.25) is 0 Å². The summed E-state index contributed by atoms with van der Waals surface area (Å²) in [6, 6.07) is 5.57. The zero-order chi connectivity index (χ0) is 11.4. The van der Waals surface area contributed by atoms with Gasteiger partial charge in [0.15, 0.2) is 0 Å². The Hall–Kier alpha value is -0.930. The van der Waals surface area contributed by atoms with Gasteiger partial charge in [0, 0.05) is 24.7 Å². The van der Waals surface area contributed by atoms with Gasteiger partial charge >= 0.3 is 0 Å². The van der Waals surface area contributed by atoms with Crippen molar-refractivity contribution in [3.63, 3.8) is 0 Å². The van der Waals surface area contributed by atoms with Crippen molar-refractivity contribution in [2.75, 3.05) is 7.05 Å². The number of benzene rings is 1. The van der Waals surface area contributed by atoms with E-state index in [-0.39, 0.29) is 12.4 Å². The van der Waals surface area contributed by atoms with Gasteiger partial charge in [-0.15, -0.1) is 0 Å². The van der Waals surface area contributed by atoms with Crippen molar-refractivity contribution >= 4 is 0 Å². The SMILES string of the molecule is CC(C)N(C)Cc1cccc(F)c1CN. The minimum Gasteiger partial charge on any atom is -0.326 e. The second-order valence-corrected chi connectivity index (χ2v) is 4.09. The van der Waals surface area contributed by atoms with Gasteiger partial charge in [-0.1, -0.05) is 12.1 Å². The van der Waals surface area contributed by atoms with Crippen LogP contribution in [0.5, 0.6) is 0 Å². The highest BCUT2D eigenvalue weighted by Gasteiger charge is 2.10. The van der Waals surface area contributed by atoms with Crippen molar-refractivity contribution in [1.29, 1.82) is 0 Å². The average Bonchev–Trinajstić information content (AvgIpc) is 2.18. The Balaban J connectivity index is 2.89. The van der Waals surface area contributed by atoms with Gasteiger partial charge in [0.2, 0.25) is 0 Å². The lowest BCUT2D eigenvalue weighted by atomic mass is 10.1. The van der Waals surface area contributed by atoms with E-state index in [4.69, 9.17) is 5.73 Å². The summed E-state index contributed by atoms with van der Waals surface area (Å²) in [6.07, 6.45) is 0. The predicted molar refractivity (Wildman–Crippen MR) is 60.9 cm³/mol. The lowest BCUT2D eigenvalue weighted by Crippen LogP contribution is -2.26. The first kappa shape index (κ1) is 12.1. The molecular formula is C12H19FN2. The number of nitrogens with zero attached hydrogens (tertiary/aromatic N) is 1. The summed E-state index contributed by atoms with van der Waals surface area (Å²) in [5.41, 5.74) is 7.15. The van der Waals surface area contributed by atoms with Gasteiger partial charge in [0.05, 0.1) is 0 Å². The maximum absolute atomic E-state index is 13.4. The monoisotopic (exact) mass is 210 g/mol. The fourth-order valence-corrected chi connectivity index (χ4v) is 1.43. The Morgan fingerprint density at radius 3 is 2.60 bits per heavy atom. The Morgan fingerprint density at radius 1 is 1.40 bits per heavy atom. The van der Waals surface area contributed by atoms with E-state index in [1.54, 1.807) is 6.07 Å². The molecule has 0 fully saturated rings. The lowest BCUT2D eigenvalue weighted by Gasteiger charge is -2.22. The van der Waals surface area contributed by atoms with Crippen LogP contribution in [0.1, 0.15) is 25.0 Å². The van der Waals surface area contributed by atoms with Crippen LogP contribution in [-0.4, -0.2) is 18.0 Å². The first-order chi connectivity index (χ1) is 7.06. The molecule has 2 N–H and O–H groups in total. The molecule has 1 aromatic rings. The molecule has 0 aromatic heterocycles. The topological polar surface area (TPSA) is 29.3 Å². The molecule has 0 bridgehead atoms. The molecule has 2 nitrogen and oxygen atoms in total. The summed E-state index contributed by atoms with van der Waals surface area (Å²) >= 11 is 0. The molecular weight excluding hydrogens is 191 g/mol. The zero-order valence-electron chi connectivity index (χ0n) is 9.63. The maximum atomic E-state index is 13.4. The van der Waals surface area contributed by atoms with E-state index in [1.807, 2.05) is 13.1 Å². The largest absolute Gasteiger partial charge is 0.326 e. The van der Waals surface area contributed by atoms with Crippen LogP contribution in [-0.2, 0) is 13.1 Å². The number of hydrogen-bond donors (Lipinski definition) is 1. The standard InChI is InChI=1S/C12H19FN2/c1-9(2)15(3)8-10-5-4-6-12(13)11(10)7-14/h4-6,9H,7-8,14H2,1-3H3. The van der Waals surface area contributed by atoms with Crippen LogP contribution in [0.25, 0.3) is 0 Å². The molecule has 0 aliphatic carbocycles. The molecule has 3 heteroatoms. The summed E-state index contributed by atoms with van der Waals surface area (Å²) in [7, 11) is 2.02. The van der Waals surface area contributed by atoms with E-state index >= 15 is 0 Å². The summed E-state index contributed by atoms with van der Waals surface area (Å²) in [6.45, 7) is 5.22. The quantitative estimate of drug-likeness (QED) is 0.825. The van der Waals surface area contributed by atoms with Gasteiger partial charge in [-0.25, -0.2) is 4.39 Å². The summed E-state index contributed by atoms with van der Waals surface area (Å²) < 4.78 is 13.4. The minimum absolute atomic E-state index is 0.202. The van der Waals surface area contributed by atoms with Crippen LogP contribution < -0.4 is 5.73 Å². The van der Waals surface area contributed by atoms with Crippen molar-refractivity contribution < 1.29 is 4.39 Å². The van der Waals surface area contributed by atoms with Crippen molar-refractivity contribution in [2.24, 2.45) is 5.73 Å². The number of hydrogen-bond acceptors (Lipinski definition) is 2. The molecule has 84 valence electrons. The molecule has 0 amide bonds. The highest BCUT2D eigenvalue weighted by Crippen LogP contribution is 2.15. The Bertz CT molecular complexity index is 323. The first-order valence-electron chi connectivity index (χ1n) is 5.22. The van der Waals surface area contributed by atoms with E-state index in [9.17, 15) is 4.39 Å². The van der Waals surface area contributed by atoms with E-state index in [0.29, 0.717) is 11.6 Å². The predicted octanol–water partition coefficient (Wildman–Crippen LogP) is 2.12. The summed E-state index contributed by atoms with van der Waals surface area (Å²) in [4.78, 5) is 2.16. The minimum atomic E-state index is -0.202. The van der Waals surface area contributed by atoms with E-state index < -0.39 is 0 Å². The van der Waals surface area contributed by atoms with Crippen LogP contribution >= 0.6 is 0 Å². The normalized spacial score (nSPS) is 11.4. The van der Waals surface area contributed by atoms with Crippen molar-refractivity contribution in [2.45, 2.75) is 33.0 Å². The fraction of sp³-hybridized carbons (Fsp3) is 0.500. The van der Waals surface area contributed by atoms with Gasteiger partial charge in [-0.2, -0.15) is 0 Å². The molecule has 15 heavy (non-hydrogen) atoms. The molecule has 1 aromatic carbocycles. The molecule has 0 saturated heterocycles. The number of nitrogens with two attached hydrogens (primary N) is 1. The average molecular weight is 210 g/mol. The van der Waals surface area contributed by atoms with Crippen molar-refractivity contribution in [3.05, 3.63) is 35.1 Å². The van der Waals surface area contributed by atoms with Gasteiger partial charge in [-0.05, 0) is 32.5 Å². The smallest absolute Gasteiger partial charge is 0.128 e. The molecule has 0 aliphatic heterocycles. The molecule has 0 atom stereocenters. The Kier molecular flexibility index (Phi) is 4.24. The molecule has 0 radical (unpaired) electrons. The lowest BCUT2D eigenvalue weighted by molar-refractivity contribution is 0.264. The third-order valence-electron chi connectivity index (χ3n) is 2.72. The molecule has 0 heterocycles. The summed E-state index contributed by atoms with van der Waals surface area (Å²) in [5.74, 6) is -0.202. The molecule has 0 aliphatic rings. The van der Waals surface area contributed by atoms with E-state index in [1.165, 1.54) is 6.07 Å². The molecule has 0 unspecified atom stereocenters. The molecule has 0 saturated carbocycles. The maximum Gasteiger partial charge on any atom is 0.128 e. The van der Waals surface area contributed by atoms with Crippen molar-refractivity contribution in [3.8, 4) is 0 Å². The van der Waals surface area contributed by atoms with Crippen LogP contribution in [0.4, 0.5) is 4.39 Å². The second-order valence-electron chi connectivity index (χ2n) is 4.09. The summed E-state index contributed by atoms with van der Waals surface area (Å²) in [5, 5.41) is 0. The van der Waals surface area contributed by atoms with Crippen LogP contribution in [0, 0.1) is 5.82 Å².